The molecular formula is C13H22N4O3S. The summed E-state index contributed by atoms with van der Waals surface area (Å²) in [5.74, 6) is -0.125. The predicted molar refractivity (Wildman–Crippen MR) is 78.2 cm³/mol. The lowest BCUT2D eigenvalue weighted by atomic mass is 10.3. The van der Waals surface area contributed by atoms with Crippen LogP contribution >= 0.6 is 0 Å². The van der Waals surface area contributed by atoms with Gasteiger partial charge in [-0.15, -0.1) is 0 Å². The number of rotatable bonds is 4. The number of sulfonamides is 1. The van der Waals surface area contributed by atoms with Crippen LogP contribution in [-0.2, 0) is 21.9 Å². The number of hydrogen-bond acceptors (Lipinski definition) is 4. The SMILES string of the molecule is CCCN1CCCN(S(=O)(=O)c2cnn(C)c2C)CC1=O. The lowest BCUT2D eigenvalue weighted by molar-refractivity contribution is -0.130. The van der Waals surface area contributed by atoms with E-state index >= 15 is 0 Å². The second kappa shape index (κ2) is 6.15. The Morgan fingerprint density at radius 3 is 2.62 bits per heavy atom. The maximum Gasteiger partial charge on any atom is 0.246 e. The standard InChI is InChI=1S/C13H22N4O3S/c1-4-6-16-7-5-8-17(10-13(16)18)21(19,20)12-9-14-15(3)11(12)2/h9H,4-8,10H2,1-3H3. The van der Waals surface area contributed by atoms with E-state index in [0.29, 0.717) is 31.7 Å². The minimum Gasteiger partial charge on any atom is -0.342 e. The summed E-state index contributed by atoms with van der Waals surface area (Å²) in [4.78, 5) is 14.1. The fourth-order valence-corrected chi connectivity index (χ4v) is 4.09. The first-order chi connectivity index (χ1) is 9.87. The minimum absolute atomic E-state index is 0.0866. The third kappa shape index (κ3) is 3.11. The largest absolute Gasteiger partial charge is 0.342 e. The van der Waals surface area contributed by atoms with Crippen molar-refractivity contribution in [1.29, 1.82) is 0 Å². The van der Waals surface area contributed by atoms with Gasteiger partial charge in [0.15, 0.2) is 0 Å². The number of amides is 1. The number of aryl methyl sites for hydroxylation is 1. The van der Waals surface area contributed by atoms with Crippen molar-refractivity contribution >= 4 is 15.9 Å². The van der Waals surface area contributed by atoms with Gasteiger partial charge >= 0.3 is 0 Å². The number of carbonyl (C=O) groups is 1. The molecule has 2 rings (SSSR count). The second-order valence-corrected chi connectivity index (χ2v) is 7.20. The molecule has 8 heteroatoms. The van der Waals surface area contributed by atoms with Gasteiger partial charge in [-0.3, -0.25) is 9.48 Å². The molecule has 0 atom stereocenters. The van der Waals surface area contributed by atoms with Crippen LogP contribution in [0.4, 0.5) is 0 Å². The van der Waals surface area contributed by atoms with Crippen molar-refractivity contribution in [2.75, 3.05) is 26.2 Å². The summed E-state index contributed by atoms with van der Waals surface area (Å²) in [6.07, 6.45) is 2.88. The molecular weight excluding hydrogens is 292 g/mol. The van der Waals surface area contributed by atoms with Crippen molar-refractivity contribution < 1.29 is 13.2 Å². The van der Waals surface area contributed by atoms with E-state index in [-0.39, 0.29) is 17.3 Å². The molecule has 0 saturated carbocycles. The molecule has 0 aromatic carbocycles. The molecule has 2 heterocycles. The van der Waals surface area contributed by atoms with Gasteiger partial charge in [0, 0.05) is 26.7 Å². The van der Waals surface area contributed by atoms with Crippen molar-refractivity contribution in [2.45, 2.75) is 31.6 Å². The molecule has 21 heavy (non-hydrogen) atoms. The zero-order chi connectivity index (χ0) is 15.6. The Kier molecular flexibility index (Phi) is 4.67. The number of hydrogen-bond donors (Lipinski definition) is 0. The van der Waals surface area contributed by atoms with Crippen molar-refractivity contribution in [2.24, 2.45) is 7.05 Å². The summed E-state index contributed by atoms with van der Waals surface area (Å²) in [6, 6.07) is 0. The molecule has 1 aromatic rings. The summed E-state index contributed by atoms with van der Waals surface area (Å²) in [5, 5.41) is 3.98. The third-order valence-electron chi connectivity index (χ3n) is 3.80. The zero-order valence-electron chi connectivity index (χ0n) is 12.7. The summed E-state index contributed by atoms with van der Waals surface area (Å²) in [7, 11) is -1.96. The maximum atomic E-state index is 12.7. The Bertz CT molecular complexity index is 623. The molecule has 1 aromatic heterocycles. The van der Waals surface area contributed by atoms with E-state index in [1.807, 2.05) is 6.92 Å². The molecule has 0 aliphatic carbocycles. The van der Waals surface area contributed by atoms with E-state index in [0.717, 1.165) is 6.42 Å². The van der Waals surface area contributed by atoms with E-state index in [1.165, 1.54) is 15.2 Å². The molecule has 0 bridgehead atoms. The molecule has 1 aliphatic rings. The van der Waals surface area contributed by atoms with Gasteiger partial charge in [0.2, 0.25) is 15.9 Å². The highest BCUT2D eigenvalue weighted by Gasteiger charge is 2.32. The molecule has 0 radical (unpaired) electrons. The average molecular weight is 314 g/mol. The lowest BCUT2D eigenvalue weighted by Crippen LogP contribution is -2.39. The van der Waals surface area contributed by atoms with E-state index in [1.54, 1.807) is 18.9 Å². The first-order valence-corrected chi connectivity index (χ1v) is 8.58. The molecule has 1 aliphatic heterocycles. The van der Waals surface area contributed by atoms with Crippen LogP contribution in [0.3, 0.4) is 0 Å². The van der Waals surface area contributed by atoms with Gasteiger partial charge in [0.1, 0.15) is 4.90 Å². The molecule has 0 spiro atoms. The molecule has 1 amide bonds. The summed E-state index contributed by atoms with van der Waals surface area (Å²) >= 11 is 0. The van der Waals surface area contributed by atoms with Crippen LogP contribution in [0.25, 0.3) is 0 Å². The quantitative estimate of drug-likeness (QED) is 0.804. The Labute approximate surface area is 125 Å². The van der Waals surface area contributed by atoms with E-state index in [9.17, 15) is 13.2 Å². The van der Waals surface area contributed by atoms with E-state index in [4.69, 9.17) is 0 Å². The lowest BCUT2D eigenvalue weighted by Gasteiger charge is -2.21. The van der Waals surface area contributed by atoms with Gasteiger partial charge in [0.05, 0.1) is 18.4 Å². The van der Waals surface area contributed by atoms with Crippen LogP contribution in [0, 0.1) is 6.92 Å². The smallest absolute Gasteiger partial charge is 0.246 e. The normalized spacial score (nSPS) is 18.0. The Balaban J connectivity index is 2.25. The van der Waals surface area contributed by atoms with Gasteiger partial charge in [-0.1, -0.05) is 6.92 Å². The van der Waals surface area contributed by atoms with Crippen LogP contribution in [0.5, 0.6) is 0 Å². The van der Waals surface area contributed by atoms with Gasteiger partial charge in [-0.05, 0) is 19.8 Å². The summed E-state index contributed by atoms with van der Waals surface area (Å²) in [5.41, 5.74) is 0.581. The minimum atomic E-state index is -3.66. The second-order valence-electron chi connectivity index (χ2n) is 5.29. The van der Waals surface area contributed by atoms with Crippen LogP contribution in [-0.4, -0.2) is 59.5 Å². The zero-order valence-corrected chi connectivity index (χ0v) is 13.6. The average Bonchev–Trinajstić information content (AvgIpc) is 2.65. The highest BCUT2D eigenvalue weighted by Crippen LogP contribution is 2.20. The van der Waals surface area contributed by atoms with E-state index < -0.39 is 10.0 Å². The van der Waals surface area contributed by atoms with Crippen LogP contribution in [0.1, 0.15) is 25.5 Å². The molecule has 118 valence electrons. The number of aromatic nitrogens is 2. The Morgan fingerprint density at radius 2 is 2.05 bits per heavy atom. The molecule has 7 nitrogen and oxygen atoms in total. The first-order valence-electron chi connectivity index (χ1n) is 7.14. The monoisotopic (exact) mass is 314 g/mol. The Morgan fingerprint density at radius 1 is 1.33 bits per heavy atom. The van der Waals surface area contributed by atoms with Crippen LogP contribution < -0.4 is 0 Å². The highest BCUT2D eigenvalue weighted by atomic mass is 32.2. The van der Waals surface area contributed by atoms with Crippen molar-refractivity contribution in [3.8, 4) is 0 Å². The van der Waals surface area contributed by atoms with Gasteiger partial charge in [0.25, 0.3) is 0 Å². The van der Waals surface area contributed by atoms with Crippen molar-refractivity contribution in [1.82, 2.24) is 19.0 Å². The fraction of sp³-hybridized carbons (Fsp3) is 0.692. The summed E-state index contributed by atoms with van der Waals surface area (Å²) in [6.45, 7) is 5.29. The Hall–Kier alpha value is -1.41. The molecule has 0 N–H and O–H groups in total. The van der Waals surface area contributed by atoms with Crippen molar-refractivity contribution in [3.63, 3.8) is 0 Å². The van der Waals surface area contributed by atoms with E-state index in [2.05, 4.69) is 5.10 Å². The number of carbonyl (C=O) groups excluding carboxylic acids is 1. The number of nitrogens with zero attached hydrogens (tertiary/aromatic N) is 4. The third-order valence-corrected chi connectivity index (χ3v) is 5.75. The maximum absolute atomic E-state index is 12.7. The fourth-order valence-electron chi connectivity index (χ4n) is 2.48. The van der Waals surface area contributed by atoms with Crippen molar-refractivity contribution in [3.05, 3.63) is 11.9 Å². The van der Waals surface area contributed by atoms with Gasteiger partial charge < -0.3 is 4.90 Å². The predicted octanol–water partition coefficient (Wildman–Crippen LogP) is 0.362. The first kappa shape index (κ1) is 16.0. The van der Waals surface area contributed by atoms with Crippen LogP contribution in [0.2, 0.25) is 0 Å². The molecule has 1 saturated heterocycles. The molecule has 0 unspecified atom stereocenters. The molecule has 1 fully saturated rings. The highest BCUT2D eigenvalue weighted by molar-refractivity contribution is 7.89. The van der Waals surface area contributed by atoms with Gasteiger partial charge in [-0.2, -0.15) is 9.40 Å². The topological polar surface area (TPSA) is 75.5 Å². The summed E-state index contributed by atoms with van der Waals surface area (Å²) < 4.78 is 28.2. The van der Waals surface area contributed by atoms with Gasteiger partial charge in [-0.25, -0.2) is 8.42 Å². The van der Waals surface area contributed by atoms with Crippen LogP contribution in [0.15, 0.2) is 11.1 Å².